The smallest absolute Gasteiger partial charge is 0.0994 e. The third kappa shape index (κ3) is 3.21. The number of aliphatic imine (C=N–C) groups is 1. The van der Waals surface area contributed by atoms with Crippen molar-refractivity contribution < 1.29 is 0 Å². The first-order valence-corrected chi connectivity index (χ1v) is 8.15. The van der Waals surface area contributed by atoms with E-state index in [9.17, 15) is 5.26 Å². The third-order valence-corrected chi connectivity index (χ3v) is 4.26. The minimum absolute atomic E-state index is 0.703. The summed E-state index contributed by atoms with van der Waals surface area (Å²) in [6.07, 6.45) is 3.97. The van der Waals surface area contributed by atoms with Gasteiger partial charge in [0.05, 0.1) is 17.3 Å². The van der Waals surface area contributed by atoms with Crippen LogP contribution in [-0.4, -0.2) is 12.3 Å². The number of dihydropyridines is 1. The van der Waals surface area contributed by atoms with Gasteiger partial charge in [-0.15, -0.1) is 0 Å². The predicted octanol–water partition coefficient (Wildman–Crippen LogP) is 5.05. The zero-order valence-corrected chi connectivity index (χ0v) is 13.8. The molecule has 0 unspecified atom stereocenters. The van der Waals surface area contributed by atoms with Crippen LogP contribution in [0.25, 0.3) is 5.57 Å². The van der Waals surface area contributed by atoms with Crippen LogP contribution in [0.5, 0.6) is 0 Å². The zero-order valence-electron chi connectivity index (χ0n) is 13.0. The Labute approximate surface area is 141 Å². The van der Waals surface area contributed by atoms with E-state index in [-0.39, 0.29) is 0 Å². The molecule has 0 aromatic heterocycles. The number of benzene rings is 2. The molecule has 0 fully saturated rings. The summed E-state index contributed by atoms with van der Waals surface area (Å²) in [6, 6.07) is 16.2. The predicted molar refractivity (Wildman–Crippen MR) is 96.0 cm³/mol. The summed E-state index contributed by atoms with van der Waals surface area (Å²) in [7, 11) is 0. The monoisotopic (exact) mass is 320 g/mol. The number of nitrogens with zero attached hydrogens (tertiary/aromatic N) is 2. The van der Waals surface area contributed by atoms with E-state index in [4.69, 9.17) is 16.6 Å². The minimum Gasteiger partial charge on any atom is -0.284 e. The Morgan fingerprint density at radius 3 is 2.78 bits per heavy atom. The molecule has 23 heavy (non-hydrogen) atoms. The van der Waals surface area contributed by atoms with E-state index < -0.39 is 0 Å². The first kappa shape index (κ1) is 15.5. The minimum atomic E-state index is 0.703. The van der Waals surface area contributed by atoms with Crippen molar-refractivity contribution in [3.05, 3.63) is 75.8 Å². The fraction of sp³-hybridized carbons (Fsp3) is 0.200. The molecule has 1 aliphatic rings. The van der Waals surface area contributed by atoms with Crippen LogP contribution in [0, 0.1) is 11.3 Å². The summed E-state index contributed by atoms with van der Waals surface area (Å²) >= 11 is 6.13. The van der Waals surface area contributed by atoms with E-state index in [1.165, 1.54) is 0 Å². The van der Waals surface area contributed by atoms with Gasteiger partial charge in [0, 0.05) is 22.7 Å². The first-order chi connectivity index (χ1) is 11.2. The van der Waals surface area contributed by atoms with E-state index in [1.54, 1.807) is 0 Å². The number of allylic oxidation sites excluding steroid dienone is 1. The lowest BCUT2D eigenvalue weighted by atomic mass is 9.91. The molecule has 0 aliphatic carbocycles. The van der Waals surface area contributed by atoms with Crippen LogP contribution in [0.15, 0.2) is 53.5 Å². The Morgan fingerprint density at radius 2 is 2.04 bits per heavy atom. The highest BCUT2D eigenvalue weighted by molar-refractivity contribution is 6.34. The lowest BCUT2D eigenvalue weighted by molar-refractivity contribution is 0.997. The van der Waals surface area contributed by atoms with Crippen LogP contribution in [0.2, 0.25) is 5.02 Å². The number of halogens is 1. The fourth-order valence-electron chi connectivity index (χ4n) is 2.86. The zero-order chi connectivity index (χ0) is 16.2. The molecule has 2 nitrogen and oxygen atoms in total. The van der Waals surface area contributed by atoms with Gasteiger partial charge in [-0.3, -0.25) is 4.99 Å². The van der Waals surface area contributed by atoms with Gasteiger partial charge in [0.1, 0.15) is 0 Å². The van der Waals surface area contributed by atoms with E-state index in [0.717, 1.165) is 52.9 Å². The molecule has 2 aromatic rings. The number of hydrogen-bond acceptors (Lipinski definition) is 2. The molecule has 2 aromatic carbocycles. The average molecular weight is 321 g/mol. The third-order valence-electron chi connectivity index (χ3n) is 4.02. The molecule has 3 rings (SSSR count). The summed E-state index contributed by atoms with van der Waals surface area (Å²) in [5.74, 6) is 0. The number of hydrogen-bond donors (Lipinski definition) is 0. The van der Waals surface area contributed by atoms with Crippen LogP contribution < -0.4 is 0 Å². The highest BCUT2D eigenvalue weighted by Crippen LogP contribution is 2.27. The Bertz CT molecular complexity index is 841. The highest BCUT2D eigenvalue weighted by atomic mass is 35.5. The van der Waals surface area contributed by atoms with E-state index >= 15 is 0 Å². The van der Waals surface area contributed by atoms with Crippen molar-refractivity contribution in [1.29, 1.82) is 5.26 Å². The first-order valence-electron chi connectivity index (χ1n) is 7.77. The van der Waals surface area contributed by atoms with Crippen LogP contribution in [0.4, 0.5) is 0 Å². The van der Waals surface area contributed by atoms with Crippen molar-refractivity contribution >= 4 is 22.9 Å². The number of aryl methyl sites for hydroxylation is 1. The highest BCUT2D eigenvalue weighted by Gasteiger charge is 2.16. The molecule has 0 bridgehead atoms. The summed E-state index contributed by atoms with van der Waals surface area (Å²) < 4.78 is 0. The van der Waals surface area contributed by atoms with Crippen molar-refractivity contribution in [1.82, 2.24) is 0 Å². The Hall–Kier alpha value is -2.37. The molecule has 0 amide bonds. The van der Waals surface area contributed by atoms with Crippen molar-refractivity contribution in [2.75, 3.05) is 6.54 Å². The average Bonchev–Trinajstić information content (AvgIpc) is 2.61. The Balaban J connectivity index is 2.06. The second-order valence-corrected chi connectivity index (χ2v) is 5.92. The van der Waals surface area contributed by atoms with Crippen LogP contribution in [-0.2, 0) is 6.42 Å². The molecule has 0 atom stereocenters. The normalized spacial score (nSPS) is 14.0. The molecule has 0 spiro atoms. The molecule has 3 heteroatoms. The standard InChI is InChI=1S/C20H17ClN2/c1-2-14-8-9-15(11-17(14)13-22)19-7-4-10-23-20(19)16-5-3-6-18(21)12-16/h3,5-9,11-12H,2,4,10H2,1H3. The van der Waals surface area contributed by atoms with Crippen LogP contribution in [0.1, 0.15) is 35.6 Å². The van der Waals surface area contributed by atoms with E-state index in [0.29, 0.717) is 5.02 Å². The molecular weight excluding hydrogens is 304 g/mol. The van der Waals surface area contributed by atoms with Crippen molar-refractivity contribution in [3.63, 3.8) is 0 Å². The number of nitriles is 1. The summed E-state index contributed by atoms with van der Waals surface area (Å²) in [6.45, 7) is 2.85. The molecule has 0 saturated carbocycles. The van der Waals surface area contributed by atoms with Crippen LogP contribution >= 0.6 is 11.6 Å². The summed E-state index contributed by atoms with van der Waals surface area (Å²) in [5.41, 5.74) is 5.90. The van der Waals surface area contributed by atoms with Crippen LogP contribution in [0.3, 0.4) is 0 Å². The summed E-state index contributed by atoms with van der Waals surface area (Å²) in [4.78, 5) is 4.70. The topological polar surface area (TPSA) is 36.1 Å². The molecule has 1 aliphatic heterocycles. The molecule has 1 heterocycles. The van der Waals surface area contributed by atoms with Gasteiger partial charge >= 0.3 is 0 Å². The second kappa shape index (κ2) is 6.81. The Morgan fingerprint density at radius 1 is 1.17 bits per heavy atom. The van der Waals surface area contributed by atoms with Crippen molar-refractivity contribution in [2.45, 2.75) is 19.8 Å². The van der Waals surface area contributed by atoms with Gasteiger partial charge in [-0.1, -0.05) is 48.9 Å². The molecular formula is C20H17ClN2. The van der Waals surface area contributed by atoms with Gasteiger partial charge < -0.3 is 0 Å². The summed E-state index contributed by atoms with van der Waals surface area (Å²) in [5, 5.41) is 10.1. The number of rotatable bonds is 3. The van der Waals surface area contributed by atoms with E-state index in [2.05, 4.69) is 25.1 Å². The van der Waals surface area contributed by atoms with Crippen molar-refractivity contribution in [3.8, 4) is 6.07 Å². The van der Waals surface area contributed by atoms with Crippen molar-refractivity contribution in [2.24, 2.45) is 4.99 Å². The Kier molecular flexibility index (Phi) is 4.60. The van der Waals surface area contributed by atoms with Gasteiger partial charge in [0.15, 0.2) is 0 Å². The SMILES string of the molecule is CCc1ccc(C2=CCCN=C2c2cccc(Cl)c2)cc1C#N. The van der Waals surface area contributed by atoms with Gasteiger partial charge in [-0.2, -0.15) is 5.26 Å². The largest absolute Gasteiger partial charge is 0.284 e. The maximum absolute atomic E-state index is 9.37. The molecule has 114 valence electrons. The lowest BCUT2D eigenvalue weighted by Crippen LogP contribution is -2.10. The van der Waals surface area contributed by atoms with Gasteiger partial charge in [-0.25, -0.2) is 0 Å². The lowest BCUT2D eigenvalue weighted by Gasteiger charge is -2.17. The maximum atomic E-state index is 9.37. The second-order valence-electron chi connectivity index (χ2n) is 5.48. The quantitative estimate of drug-likeness (QED) is 0.779. The van der Waals surface area contributed by atoms with Gasteiger partial charge in [0.25, 0.3) is 0 Å². The fourth-order valence-corrected chi connectivity index (χ4v) is 3.05. The molecule has 0 N–H and O–H groups in total. The van der Waals surface area contributed by atoms with E-state index in [1.807, 2.05) is 36.4 Å². The maximum Gasteiger partial charge on any atom is 0.0994 e. The van der Waals surface area contributed by atoms with Gasteiger partial charge in [0.2, 0.25) is 0 Å². The molecule has 0 saturated heterocycles. The van der Waals surface area contributed by atoms with Gasteiger partial charge in [-0.05, 0) is 42.2 Å². The molecule has 0 radical (unpaired) electrons.